The van der Waals surface area contributed by atoms with Crippen LogP contribution in [0.2, 0.25) is 0 Å². The van der Waals surface area contributed by atoms with Crippen LogP contribution in [-0.4, -0.2) is 64.7 Å². The monoisotopic (exact) mass is 811 g/mol. The van der Waals surface area contributed by atoms with Crippen LogP contribution >= 0.6 is 0 Å². The molecule has 4 aliphatic carbocycles. The van der Waals surface area contributed by atoms with E-state index in [-0.39, 0.29) is 24.1 Å². The predicted octanol–water partition coefficient (Wildman–Crippen LogP) is 11.4. The normalized spacial score (nSPS) is 37.4. The third-order valence-corrected chi connectivity index (χ3v) is 16.5. The van der Waals surface area contributed by atoms with E-state index in [1.54, 1.807) is 0 Å². The summed E-state index contributed by atoms with van der Waals surface area (Å²) in [4.78, 5) is 12.6. The van der Waals surface area contributed by atoms with Crippen LogP contribution in [0.1, 0.15) is 183 Å². The van der Waals surface area contributed by atoms with Crippen molar-refractivity contribution in [2.45, 2.75) is 220 Å². The second kappa shape index (κ2) is 22.5. The van der Waals surface area contributed by atoms with Gasteiger partial charge in [0.1, 0.15) is 31.0 Å². The fraction of sp³-hybridized carbons (Fsp3) is 0.863. The lowest BCUT2D eigenvalue weighted by Gasteiger charge is -2.58. The molecule has 0 amide bonds. The molecule has 332 valence electrons. The van der Waals surface area contributed by atoms with Gasteiger partial charge in [0.25, 0.3) is 0 Å². The second-order valence-electron chi connectivity index (χ2n) is 20.6. The van der Waals surface area contributed by atoms with Crippen LogP contribution in [0, 0.1) is 52.3 Å². The Labute approximate surface area is 354 Å². The number of unbranched alkanes of at least 4 members (excludes halogenated alkanes) is 7. The summed E-state index contributed by atoms with van der Waals surface area (Å²) in [6, 6.07) is 0. The van der Waals surface area contributed by atoms with Gasteiger partial charge in [-0.2, -0.15) is 0 Å². The Bertz CT molecular complexity index is 1340. The highest BCUT2D eigenvalue weighted by atomic mass is 16.7. The Morgan fingerprint density at radius 2 is 1.57 bits per heavy atom. The molecule has 1 heterocycles. The first-order valence-electron chi connectivity index (χ1n) is 24.3. The summed E-state index contributed by atoms with van der Waals surface area (Å²) < 4.78 is 18.0. The summed E-state index contributed by atoms with van der Waals surface area (Å²) in [5, 5.41) is 32.5. The fourth-order valence-corrected chi connectivity index (χ4v) is 12.3. The number of ether oxygens (including phenoxy) is 3. The van der Waals surface area contributed by atoms with Crippen molar-refractivity contribution in [3.8, 4) is 0 Å². The maximum absolute atomic E-state index is 12.6. The summed E-state index contributed by atoms with van der Waals surface area (Å²) in [6.45, 7) is 16.9. The molecule has 3 saturated carbocycles. The van der Waals surface area contributed by atoms with Crippen LogP contribution in [0.15, 0.2) is 36.0 Å². The minimum atomic E-state index is -1.45. The topological polar surface area (TPSA) is 105 Å². The van der Waals surface area contributed by atoms with Gasteiger partial charge in [0.15, 0.2) is 6.29 Å². The van der Waals surface area contributed by atoms with Crippen molar-refractivity contribution >= 4 is 5.97 Å². The first-order valence-corrected chi connectivity index (χ1v) is 24.3. The van der Waals surface area contributed by atoms with E-state index in [1.165, 1.54) is 63.4 Å². The Kier molecular flexibility index (Phi) is 18.5. The smallest absolute Gasteiger partial charge is 0.305 e. The van der Waals surface area contributed by atoms with Crippen LogP contribution in [0.3, 0.4) is 0 Å². The lowest BCUT2D eigenvalue weighted by atomic mass is 9.47. The van der Waals surface area contributed by atoms with Crippen molar-refractivity contribution in [3.05, 3.63) is 36.0 Å². The number of hydrogen-bond donors (Lipinski definition) is 3. The summed E-state index contributed by atoms with van der Waals surface area (Å²) in [5.41, 5.74) is 2.12. The van der Waals surface area contributed by atoms with Crippen molar-refractivity contribution in [2.75, 3.05) is 6.61 Å². The molecule has 0 spiro atoms. The van der Waals surface area contributed by atoms with E-state index in [2.05, 4.69) is 78.8 Å². The average molecular weight is 811 g/mol. The number of carbonyl (C=O) groups excluding carboxylic acids is 1. The van der Waals surface area contributed by atoms with Crippen molar-refractivity contribution in [1.29, 1.82) is 0 Å². The molecule has 3 N–H and O–H groups in total. The molecule has 1 aliphatic heterocycles. The fourth-order valence-electron chi connectivity index (χ4n) is 12.3. The van der Waals surface area contributed by atoms with E-state index in [0.717, 1.165) is 106 Å². The van der Waals surface area contributed by atoms with E-state index in [9.17, 15) is 20.1 Å². The minimum Gasteiger partial charge on any atom is -0.463 e. The first kappa shape index (κ1) is 47.5. The molecule has 0 aromatic carbocycles. The third kappa shape index (κ3) is 11.9. The number of esters is 1. The largest absolute Gasteiger partial charge is 0.463 e. The molecule has 0 radical (unpaired) electrons. The number of fused-ring (bicyclic) bond motifs is 5. The van der Waals surface area contributed by atoms with Gasteiger partial charge in [-0.05, 0) is 136 Å². The maximum Gasteiger partial charge on any atom is 0.305 e. The Morgan fingerprint density at radius 3 is 2.31 bits per heavy atom. The van der Waals surface area contributed by atoms with Gasteiger partial charge in [0, 0.05) is 6.42 Å². The predicted molar refractivity (Wildman–Crippen MR) is 235 cm³/mol. The number of aliphatic hydroxyl groups is 3. The minimum absolute atomic E-state index is 0.145. The number of aliphatic hydroxyl groups excluding tert-OH is 3. The van der Waals surface area contributed by atoms with Gasteiger partial charge in [0.2, 0.25) is 0 Å². The van der Waals surface area contributed by atoms with Crippen molar-refractivity contribution in [2.24, 2.45) is 52.3 Å². The van der Waals surface area contributed by atoms with E-state index in [1.807, 2.05) is 0 Å². The molecule has 5 rings (SSSR count). The van der Waals surface area contributed by atoms with E-state index in [0.29, 0.717) is 17.8 Å². The summed E-state index contributed by atoms with van der Waals surface area (Å²) in [6.07, 6.45) is 28.4. The molecular weight excluding hydrogens is 725 g/mol. The van der Waals surface area contributed by atoms with Gasteiger partial charge < -0.3 is 29.5 Å². The molecule has 0 aromatic rings. The van der Waals surface area contributed by atoms with Crippen LogP contribution in [0.5, 0.6) is 0 Å². The first-order chi connectivity index (χ1) is 27.8. The molecule has 58 heavy (non-hydrogen) atoms. The highest BCUT2D eigenvalue weighted by Gasteiger charge is 2.59. The number of carbonyl (C=O) groups is 1. The third-order valence-electron chi connectivity index (χ3n) is 16.5. The highest BCUT2D eigenvalue weighted by molar-refractivity contribution is 5.69. The summed E-state index contributed by atoms with van der Waals surface area (Å²) >= 11 is 0. The molecule has 0 bridgehead atoms. The lowest BCUT2D eigenvalue weighted by Crippen LogP contribution is -2.60. The Balaban J connectivity index is 1.04. The summed E-state index contributed by atoms with van der Waals surface area (Å²) in [5.74, 6) is 5.13. The number of hydrogen-bond acceptors (Lipinski definition) is 7. The number of rotatable bonds is 22. The van der Waals surface area contributed by atoms with Gasteiger partial charge >= 0.3 is 5.97 Å². The highest BCUT2D eigenvalue weighted by Crippen LogP contribution is 2.67. The van der Waals surface area contributed by atoms with E-state index in [4.69, 9.17) is 14.2 Å². The van der Waals surface area contributed by atoms with E-state index < -0.39 is 30.7 Å². The standard InChI is InChI=1S/C51H86O7/c1-8-9-10-11-12-13-14-15-16-17-18-19-20-21-22-45(52)56-34-44-46(53)47(54)48(55)49(58-44)57-39-29-31-50(6)38(33-39)25-26-40-42-28-27-41(51(42,7)32-30-43(40)50)37(5)24-23-36(4)35(2)3/h11-12,14-15,25,35-37,39-44,46-49,53-55H,8-10,13,16-24,26-34H2,1-7H3/b12-11-,15-14-. The zero-order chi connectivity index (χ0) is 41.9. The molecular formula is C51H86O7. The van der Waals surface area contributed by atoms with E-state index >= 15 is 0 Å². The quantitative estimate of drug-likeness (QED) is 0.0568. The summed E-state index contributed by atoms with van der Waals surface area (Å²) in [7, 11) is 0. The lowest BCUT2D eigenvalue weighted by molar-refractivity contribution is -0.313. The SMILES string of the molecule is CCCC/C=C\C/C=C\CCCCCCCC(=O)OCC1OC(OC2CCC3(C)C(=CCC4C3CCC3(C)C(C(C)CCC(C)C(C)C)CCC43)C2)C(O)C(O)C1O. The van der Waals surface area contributed by atoms with Crippen molar-refractivity contribution in [3.63, 3.8) is 0 Å². The maximum atomic E-state index is 12.6. The van der Waals surface area contributed by atoms with Crippen molar-refractivity contribution < 1.29 is 34.3 Å². The van der Waals surface area contributed by atoms with Gasteiger partial charge in [-0.25, -0.2) is 0 Å². The zero-order valence-electron chi connectivity index (χ0n) is 37.9. The molecule has 7 heteroatoms. The zero-order valence-corrected chi connectivity index (χ0v) is 37.9. The van der Waals surface area contributed by atoms with Crippen LogP contribution in [-0.2, 0) is 19.0 Å². The molecule has 4 fully saturated rings. The Hall–Kier alpha value is -1.51. The van der Waals surface area contributed by atoms with Gasteiger partial charge in [0.05, 0.1) is 6.10 Å². The van der Waals surface area contributed by atoms with Crippen molar-refractivity contribution in [1.82, 2.24) is 0 Å². The van der Waals surface area contributed by atoms with Crippen LogP contribution in [0.25, 0.3) is 0 Å². The number of allylic oxidation sites excluding steroid dienone is 5. The molecule has 1 saturated heterocycles. The van der Waals surface area contributed by atoms with Gasteiger partial charge in [-0.1, -0.05) is 129 Å². The molecule has 14 atom stereocenters. The molecule has 14 unspecified atom stereocenters. The van der Waals surface area contributed by atoms with Gasteiger partial charge in [-0.3, -0.25) is 4.79 Å². The van der Waals surface area contributed by atoms with Crippen LogP contribution in [0.4, 0.5) is 0 Å². The Morgan fingerprint density at radius 1 is 0.845 bits per heavy atom. The van der Waals surface area contributed by atoms with Crippen LogP contribution < -0.4 is 0 Å². The molecule has 7 nitrogen and oxygen atoms in total. The molecule has 5 aliphatic rings. The second-order valence-corrected chi connectivity index (χ2v) is 20.6. The van der Waals surface area contributed by atoms with Gasteiger partial charge in [-0.15, -0.1) is 0 Å². The average Bonchev–Trinajstić information content (AvgIpc) is 3.57. The molecule has 0 aromatic heterocycles.